The molecule has 0 aliphatic carbocycles. The van der Waals surface area contributed by atoms with Gasteiger partial charge in [-0.1, -0.05) is 0 Å². The second-order valence-corrected chi connectivity index (χ2v) is 7.36. The number of H-pyrrole nitrogens is 2. The van der Waals surface area contributed by atoms with Crippen LogP contribution in [0.25, 0.3) is 21.8 Å². The van der Waals surface area contributed by atoms with E-state index >= 15 is 0 Å². The van der Waals surface area contributed by atoms with Crippen LogP contribution in [-0.2, 0) is 11.3 Å². The van der Waals surface area contributed by atoms with Gasteiger partial charge in [0.15, 0.2) is 11.6 Å². The molecule has 0 spiro atoms. The molecule has 0 saturated carbocycles. The van der Waals surface area contributed by atoms with E-state index in [1.165, 1.54) is 30.1 Å². The van der Waals surface area contributed by atoms with E-state index in [1.54, 1.807) is 0 Å². The van der Waals surface area contributed by atoms with Crippen molar-refractivity contribution in [2.24, 2.45) is 0 Å². The first-order valence-electron chi connectivity index (χ1n) is 9.37. The molecule has 0 unspecified atom stereocenters. The smallest absolute Gasteiger partial charge is 0.270 e. The Balaban J connectivity index is 1.61. The number of benzene rings is 1. The van der Waals surface area contributed by atoms with Crippen molar-refractivity contribution in [2.45, 2.75) is 12.6 Å². The number of amides is 1. The second-order valence-electron chi connectivity index (χ2n) is 7.36. The Labute approximate surface area is 172 Å². The number of aromatic amines is 2. The molecule has 7 nitrogen and oxygen atoms in total. The van der Waals surface area contributed by atoms with Crippen LogP contribution in [0, 0.1) is 17.6 Å². The predicted octanol–water partition coefficient (Wildman–Crippen LogP) is 3.17. The molecule has 1 aliphatic rings. The van der Waals surface area contributed by atoms with E-state index in [-0.39, 0.29) is 29.7 Å². The molecule has 0 bridgehead atoms. The predicted molar refractivity (Wildman–Crippen MR) is 105 cm³/mol. The molecule has 158 valence electrons. The third-order valence-electron chi connectivity index (χ3n) is 5.50. The normalized spacial score (nSPS) is 15.9. The number of ether oxygens (including phenoxy) is 1. The minimum absolute atomic E-state index is 0.0179. The Morgan fingerprint density at radius 1 is 1.13 bits per heavy atom. The van der Waals surface area contributed by atoms with E-state index in [9.17, 15) is 22.8 Å². The van der Waals surface area contributed by atoms with Gasteiger partial charge in [-0.05, 0) is 35.7 Å². The number of likely N-dealkylation sites (N-methyl/N-ethyl adjacent to an activating group) is 1. The van der Waals surface area contributed by atoms with Crippen LogP contribution in [0.3, 0.4) is 0 Å². The van der Waals surface area contributed by atoms with Crippen LogP contribution < -0.4 is 5.56 Å². The lowest BCUT2D eigenvalue weighted by Gasteiger charge is -2.33. The standard InChI is InChI=1S/C21H15F3N4O3/c1-28(21(30)15-6-14-13(25-15)2-3-18(24)26-14)17-8-31-7-16-19(17)9-4-11(22)12(23)5-10(9)20(29)27-16/h2-6,17,25H,7-8H2,1H3,(H,27,29)/t17-/m1/s1. The maximum absolute atomic E-state index is 14.0. The number of rotatable bonds is 2. The van der Waals surface area contributed by atoms with Crippen LogP contribution in [-0.4, -0.2) is 39.4 Å². The van der Waals surface area contributed by atoms with E-state index in [0.717, 1.165) is 12.1 Å². The van der Waals surface area contributed by atoms with Gasteiger partial charge in [0.2, 0.25) is 5.95 Å². The van der Waals surface area contributed by atoms with Crippen LogP contribution in [0.15, 0.2) is 35.1 Å². The van der Waals surface area contributed by atoms with Crippen molar-refractivity contribution in [1.82, 2.24) is 19.9 Å². The maximum Gasteiger partial charge on any atom is 0.270 e. The summed E-state index contributed by atoms with van der Waals surface area (Å²) in [6.45, 7) is 0.149. The van der Waals surface area contributed by atoms with Crippen molar-refractivity contribution in [1.29, 1.82) is 0 Å². The quantitative estimate of drug-likeness (QED) is 0.480. The average Bonchev–Trinajstić information content (AvgIpc) is 3.17. The lowest BCUT2D eigenvalue weighted by atomic mass is 9.95. The number of carbonyl (C=O) groups excluding carboxylic acids is 1. The molecule has 31 heavy (non-hydrogen) atoms. The van der Waals surface area contributed by atoms with Gasteiger partial charge >= 0.3 is 0 Å². The molecule has 1 aromatic carbocycles. The van der Waals surface area contributed by atoms with E-state index in [4.69, 9.17) is 4.74 Å². The fraction of sp³-hybridized carbons (Fsp3) is 0.190. The van der Waals surface area contributed by atoms with E-state index < -0.39 is 35.1 Å². The highest BCUT2D eigenvalue weighted by molar-refractivity contribution is 5.97. The largest absolute Gasteiger partial charge is 0.373 e. The van der Waals surface area contributed by atoms with E-state index in [2.05, 4.69) is 15.0 Å². The molecule has 4 heterocycles. The van der Waals surface area contributed by atoms with Crippen LogP contribution in [0.5, 0.6) is 0 Å². The van der Waals surface area contributed by atoms with Crippen molar-refractivity contribution in [2.75, 3.05) is 13.7 Å². The molecule has 5 rings (SSSR count). The molecule has 1 atom stereocenters. The van der Waals surface area contributed by atoms with Crippen molar-refractivity contribution in [3.63, 3.8) is 0 Å². The number of nitrogens with one attached hydrogen (secondary N) is 2. The highest BCUT2D eigenvalue weighted by atomic mass is 19.2. The molecular weight excluding hydrogens is 413 g/mol. The third-order valence-corrected chi connectivity index (χ3v) is 5.50. The Bertz CT molecular complexity index is 1430. The van der Waals surface area contributed by atoms with Crippen LogP contribution in [0.2, 0.25) is 0 Å². The molecule has 0 saturated heterocycles. The van der Waals surface area contributed by atoms with Gasteiger partial charge in [0.1, 0.15) is 5.69 Å². The Kier molecular flexibility index (Phi) is 4.33. The minimum atomic E-state index is -1.14. The van der Waals surface area contributed by atoms with Crippen molar-refractivity contribution in [3.05, 3.63) is 75.2 Å². The second kappa shape index (κ2) is 6.95. The summed E-state index contributed by atoms with van der Waals surface area (Å²) in [6.07, 6.45) is 0. The van der Waals surface area contributed by atoms with Gasteiger partial charge in [0.25, 0.3) is 11.5 Å². The average molecular weight is 428 g/mol. The van der Waals surface area contributed by atoms with Crippen molar-refractivity contribution >= 4 is 27.7 Å². The molecule has 0 radical (unpaired) electrons. The SMILES string of the molecule is CN(C(=O)c1cc2nc(F)ccc2[nH]1)[C@@H]1COCc2[nH]c(=O)c3cc(F)c(F)cc3c21. The van der Waals surface area contributed by atoms with Gasteiger partial charge in [-0.25, -0.2) is 13.8 Å². The van der Waals surface area contributed by atoms with E-state index in [0.29, 0.717) is 22.3 Å². The minimum Gasteiger partial charge on any atom is -0.373 e. The van der Waals surface area contributed by atoms with Gasteiger partial charge in [0.05, 0.1) is 35.7 Å². The van der Waals surface area contributed by atoms with Gasteiger partial charge in [-0.2, -0.15) is 4.39 Å². The van der Waals surface area contributed by atoms with Gasteiger partial charge in [-0.3, -0.25) is 9.59 Å². The Morgan fingerprint density at radius 3 is 2.65 bits per heavy atom. The number of hydrogen-bond donors (Lipinski definition) is 2. The summed E-state index contributed by atoms with van der Waals surface area (Å²) in [7, 11) is 1.53. The number of fused-ring (bicyclic) bond motifs is 4. The van der Waals surface area contributed by atoms with Gasteiger partial charge in [-0.15, -0.1) is 0 Å². The molecule has 10 heteroatoms. The molecule has 0 fully saturated rings. The molecule has 2 N–H and O–H groups in total. The summed E-state index contributed by atoms with van der Waals surface area (Å²) in [6, 6.07) is 5.21. The number of carbonyl (C=O) groups is 1. The topological polar surface area (TPSA) is 91.1 Å². The summed E-state index contributed by atoms with van der Waals surface area (Å²) in [5.74, 6) is -3.34. The molecule has 1 amide bonds. The van der Waals surface area contributed by atoms with Crippen LogP contribution >= 0.6 is 0 Å². The number of nitrogens with zero attached hydrogens (tertiary/aromatic N) is 2. The highest BCUT2D eigenvalue weighted by Gasteiger charge is 2.32. The first-order valence-corrected chi connectivity index (χ1v) is 9.37. The highest BCUT2D eigenvalue weighted by Crippen LogP contribution is 2.34. The molecule has 4 aromatic rings. The zero-order chi connectivity index (χ0) is 21.9. The lowest BCUT2D eigenvalue weighted by Crippen LogP contribution is -2.37. The number of pyridine rings is 2. The summed E-state index contributed by atoms with van der Waals surface area (Å²) in [5.41, 5.74) is 1.26. The fourth-order valence-corrected chi connectivity index (χ4v) is 3.98. The van der Waals surface area contributed by atoms with Gasteiger partial charge < -0.3 is 19.6 Å². The summed E-state index contributed by atoms with van der Waals surface area (Å²) in [5, 5.41) is 0.196. The maximum atomic E-state index is 14.0. The number of hydrogen-bond acceptors (Lipinski definition) is 4. The van der Waals surface area contributed by atoms with E-state index in [1.807, 2.05) is 0 Å². The van der Waals surface area contributed by atoms with Crippen molar-refractivity contribution < 1.29 is 22.7 Å². The first kappa shape index (κ1) is 19.3. The summed E-state index contributed by atoms with van der Waals surface area (Å²) < 4.78 is 46.7. The number of aromatic nitrogens is 3. The van der Waals surface area contributed by atoms with Gasteiger partial charge in [0, 0.05) is 18.3 Å². The summed E-state index contributed by atoms with van der Waals surface area (Å²) >= 11 is 0. The Morgan fingerprint density at radius 2 is 1.87 bits per heavy atom. The Hall–Kier alpha value is -3.66. The van der Waals surface area contributed by atoms with Crippen LogP contribution in [0.1, 0.15) is 27.8 Å². The van der Waals surface area contributed by atoms with Crippen molar-refractivity contribution in [3.8, 4) is 0 Å². The van der Waals surface area contributed by atoms with Crippen LogP contribution in [0.4, 0.5) is 13.2 Å². The number of halogens is 3. The zero-order valence-electron chi connectivity index (χ0n) is 16.1. The fourth-order valence-electron chi connectivity index (χ4n) is 3.98. The summed E-state index contributed by atoms with van der Waals surface area (Å²) in [4.78, 5) is 36.2. The molecule has 3 aromatic heterocycles. The first-order chi connectivity index (χ1) is 14.8. The lowest BCUT2D eigenvalue weighted by molar-refractivity contribution is 0.0333. The molecular formula is C21H15F3N4O3. The zero-order valence-corrected chi connectivity index (χ0v) is 16.1. The molecule has 1 aliphatic heterocycles. The third kappa shape index (κ3) is 3.07. The monoisotopic (exact) mass is 428 g/mol.